The van der Waals surface area contributed by atoms with Crippen LogP contribution in [0.2, 0.25) is 0 Å². The number of fused-ring (bicyclic) bond motifs is 1. The van der Waals surface area contributed by atoms with Gasteiger partial charge in [-0.05, 0) is 49.8 Å². The van der Waals surface area contributed by atoms with Crippen LogP contribution in [-0.2, 0) is 6.54 Å². The maximum absolute atomic E-state index is 5.86. The minimum Gasteiger partial charge on any atom is -0.399 e. The zero-order chi connectivity index (χ0) is 12.1. The average molecular weight is 241 g/mol. The fraction of sp³-hybridized carbons (Fsp3) is 0.533. The summed E-state index contributed by atoms with van der Waals surface area (Å²) in [7, 11) is 0. The number of hydrogen-bond acceptors (Lipinski definition) is 2. The number of nitrogens with zero attached hydrogens (tertiary/aromatic N) is 2. The second kappa shape index (κ2) is 3.74. The first-order valence-corrected chi connectivity index (χ1v) is 7.07. The van der Waals surface area contributed by atoms with Crippen LogP contribution in [0.15, 0.2) is 18.2 Å². The molecule has 0 bridgehead atoms. The van der Waals surface area contributed by atoms with Crippen molar-refractivity contribution in [2.75, 3.05) is 5.73 Å². The molecule has 0 spiro atoms. The number of benzene rings is 1. The Morgan fingerprint density at radius 2 is 2.06 bits per heavy atom. The summed E-state index contributed by atoms with van der Waals surface area (Å²) in [6.07, 6.45) is 6.80. The smallest absolute Gasteiger partial charge is 0.113 e. The summed E-state index contributed by atoms with van der Waals surface area (Å²) < 4.78 is 2.47. The van der Waals surface area contributed by atoms with E-state index in [1.165, 1.54) is 43.4 Å². The minimum atomic E-state index is 0.707. The number of anilines is 1. The van der Waals surface area contributed by atoms with Gasteiger partial charge in [0.15, 0.2) is 0 Å². The summed E-state index contributed by atoms with van der Waals surface area (Å²) >= 11 is 0. The van der Waals surface area contributed by atoms with Gasteiger partial charge in [-0.25, -0.2) is 4.98 Å². The van der Waals surface area contributed by atoms with E-state index in [1.807, 2.05) is 12.1 Å². The van der Waals surface area contributed by atoms with Gasteiger partial charge in [0, 0.05) is 18.2 Å². The van der Waals surface area contributed by atoms with E-state index >= 15 is 0 Å². The zero-order valence-electron chi connectivity index (χ0n) is 10.6. The number of nitrogens with two attached hydrogens (primary N) is 1. The molecule has 1 aromatic carbocycles. The highest BCUT2D eigenvalue weighted by Crippen LogP contribution is 2.42. The van der Waals surface area contributed by atoms with E-state index in [9.17, 15) is 0 Å². The number of rotatable bonds is 3. The van der Waals surface area contributed by atoms with Crippen molar-refractivity contribution in [3.63, 3.8) is 0 Å². The van der Waals surface area contributed by atoms with Crippen LogP contribution >= 0.6 is 0 Å². The van der Waals surface area contributed by atoms with E-state index in [1.54, 1.807) is 0 Å². The Bertz CT molecular complexity index is 591. The Morgan fingerprint density at radius 1 is 1.22 bits per heavy atom. The van der Waals surface area contributed by atoms with E-state index in [4.69, 9.17) is 10.7 Å². The van der Waals surface area contributed by atoms with Gasteiger partial charge < -0.3 is 10.3 Å². The lowest BCUT2D eigenvalue weighted by Gasteiger charge is -2.26. The lowest BCUT2D eigenvalue weighted by Crippen LogP contribution is -2.19. The minimum absolute atomic E-state index is 0.707. The molecule has 0 radical (unpaired) electrons. The first-order valence-electron chi connectivity index (χ1n) is 7.07. The fourth-order valence-electron chi connectivity index (χ4n) is 2.94. The molecule has 94 valence electrons. The van der Waals surface area contributed by atoms with Crippen molar-refractivity contribution >= 4 is 16.7 Å². The Hall–Kier alpha value is -1.51. The van der Waals surface area contributed by atoms with Crippen molar-refractivity contribution in [1.82, 2.24) is 9.55 Å². The third-order valence-electron chi connectivity index (χ3n) is 4.41. The molecular formula is C15H19N3. The highest BCUT2D eigenvalue weighted by molar-refractivity contribution is 5.79. The summed E-state index contributed by atoms with van der Waals surface area (Å²) in [6, 6.07) is 6.15. The first kappa shape index (κ1) is 10.4. The Morgan fingerprint density at radius 3 is 2.72 bits per heavy atom. The monoisotopic (exact) mass is 241 g/mol. The van der Waals surface area contributed by atoms with Gasteiger partial charge in [0.1, 0.15) is 5.82 Å². The molecular weight excluding hydrogens is 222 g/mol. The van der Waals surface area contributed by atoms with Gasteiger partial charge in [0.05, 0.1) is 11.0 Å². The molecule has 0 atom stereocenters. The van der Waals surface area contributed by atoms with Crippen molar-refractivity contribution < 1.29 is 0 Å². The number of nitrogen functional groups attached to an aromatic ring is 1. The molecule has 1 heterocycles. The molecule has 0 amide bonds. The molecule has 3 nitrogen and oxygen atoms in total. The molecule has 0 unspecified atom stereocenters. The van der Waals surface area contributed by atoms with Crippen molar-refractivity contribution in [3.05, 3.63) is 24.0 Å². The molecule has 2 aliphatic rings. The second-order valence-corrected chi connectivity index (χ2v) is 5.90. The molecule has 2 aliphatic carbocycles. The summed E-state index contributed by atoms with van der Waals surface area (Å²) in [5.41, 5.74) is 9.04. The van der Waals surface area contributed by atoms with Gasteiger partial charge in [-0.15, -0.1) is 0 Å². The summed E-state index contributed by atoms with van der Waals surface area (Å²) in [5.74, 6) is 2.89. The molecule has 2 N–H and O–H groups in total. The Labute approximate surface area is 107 Å². The molecule has 2 fully saturated rings. The topological polar surface area (TPSA) is 43.8 Å². The Kier molecular flexibility index (Phi) is 2.16. The molecule has 0 aliphatic heterocycles. The summed E-state index contributed by atoms with van der Waals surface area (Å²) in [5, 5.41) is 0. The average Bonchev–Trinajstić information content (AvgIpc) is 3.07. The second-order valence-electron chi connectivity index (χ2n) is 5.90. The molecule has 2 aromatic rings. The van der Waals surface area contributed by atoms with E-state index < -0.39 is 0 Å². The molecule has 18 heavy (non-hydrogen) atoms. The fourth-order valence-corrected chi connectivity index (χ4v) is 2.94. The van der Waals surface area contributed by atoms with Crippen LogP contribution in [0.4, 0.5) is 5.69 Å². The van der Waals surface area contributed by atoms with Gasteiger partial charge >= 0.3 is 0 Å². The number of aromatic nitrogens is 2. The maximum Gasteiger partial charge on any atom is 0.113 e. The van der Waals surface area contributed by atoms with Crippen LogP contribution in [-0.4, -0.2) is 9.55 Å². The van der Waals surface area contributed by atoms with E-state index in [-0.39, 0.29) is 0 Å². The standard InChI is InChI=1S/C15H19N3/c16-12-6-7-14-13(8-12)17-15(11-4-5-11)18(14)9-10-2-1-3-10/h6-8,10-11H,1-5,9,16H2. The maximum atomic E-state index is 5.86. The largest absolute Gasteiger partial charge is 0.399 e. The highest BCUT2D eigenvalue weighted by Gasteiger charge is 2.31. The van der Waals surface area contributed by atoms with Gasteiger partial charge in [0.2, 0.25) is 0 Å². The third kappa shape index (κ3) is 1.61. The van der Waals surface area contributed by atoms with E-state index in [0.717, 1.165) is 23.7 Å². The quantitative estimate of drug-likeness (QED) is 0.838. The van der Waals surface area contributed by atoms with Crippen molar-refractivity contribution in [2.24, 2.45) is 5.92 Å². The normalized spacial score (nSPS) is 20.2. The predicted molar refractivity (Wildman–Crippen MR) is 73.5 cm³/mol. The van der Waals surface area contributed by atoms with Gasteiger partial charge in [-0.3, -0.25) is 0 Å². The van der Waals surface area contributed by atoms with Crippen LogP contribution in [0.25, 0.3) is 11.0 Å². The van der Waals surface area contributed by atoms with Crippen LogP contribution in [0, 0.1) is 5.92 Å². The zero-order valence-corrected chi connectivity index (χ0v) is 10.6. The molecule has 1 aromatic heterocycles. The lowest BCUT2D eigenvalue weighted by molar-refractivity contribution is 0.276. The van der Waals surface area contributed by atoms with Crippen LogP contribution in [0.3, 0.4) is 0 Å². The summed E-state index contributed by atoms with van der Waals surface area (Å²) in [6.45, 7) is 1.16. The summed E-state index contributed by atoms with van der Waals surface area (Å²) in [4.78, 5) is 4.83. The molecule has 2 saturated carbocycles. The highest BCUT2D eigenvalue weighted by atomic mass is 15.1. The Balaban J connectivity index is 1.82. The molecule has 3 heteroatoms. The molecule has 4 rings (SSSR count). The van der Waals surface area contributed by atoms with Crippen molar-refractivity contribution in [3.8, 4) is 0 Å². The van der Waals surface area contributed by atoms with E-state index in [2.05, 4.69) is 10.6 Å². The molecule has 0 saturated heterocycles. The van der Waals surface area contributed by atoms with E-state index in [0.29, 0.717) is 5.92 Å². The first-order chi connectivity index (χ1) is 8.81. The van der Waals surface area contributed by atoms with Crippen LogP contribution < -0.4 is 5.73 Å². The van der Waals surface area contributed by atoms with Crippen molar-refractivity contribution in [2.45, 2.75) is 44.6 Å². The number of hydrogen-bond donors (Lipinski definition) is 1. The van der Waals surface area contributed by atoms with Crippen LogP contribution in [0.1, 0.15) is 43.8 Å². The number of imidazole rings is 1. The predicted octanol–water partition coefficient (Wildman–Crippen LogP) is 3.30. The third-order valence-corrected chi connectivity index (χ3v) is 4.41. The van der Waals surface area contributed by atoms with Gasteiger partial charge in [-0.1, -0.05) is 6.42 Å². The van der Waals surface area contributed by atoms with Gasteiger partial charge in [-0.2, -0.15) is 0 Å². The van der Waals surface area contributed by atoms with Gasteiger partial charge in [0.25, 0.3) is 0 Å². The SMILES string of the molecule is Nc1ccc2c(c1)nc(C1CC1)n2CC1CCC1. The van der Waals surface area contributed by atoms with Crippen molar-refractivity contribution in [1.29, 1.82) is 0 Å². The lowest BCUT2D eigenvalue weighted by atomic mass is 9.85. The van der Waals surface area contributed by atoms with Crippen LogP contribution in [0.5, 0.6) is 0 Å².